The van der Waals surface area contributed by atoms with Gasteiger partial charge in [-0.25, -0.2) is 4.39 Å². The molecule has 0 atom stereocenters. The van der Waals surface area contributed by atoms with Crippen LogP contribution < -0.4 is 9.64 Å². The number of ether oxygens (including phenoxy) is 1. The zero-order valence-corrected chi connectivity index (χ0v) is 13.4. The van der Waals surface area contributed by atoms with Gasteiger partial charge in [0.1, 0.15) is 23.7 Å². The second-order valence-corrected chi connectivity index (χ2v) is 5.83. The van der Waals surface area contributed by atoms with Crippen molar-refractivity contribution < 1.29 is 14.1 Å². The van der Waals surface area contributed by atoms with Crippen molar-refractivity contribution in [1.29, 1.82) is 5.26 Å². The SMILES string of the molecule is N#Cc1cc([N+](=O)[O-])ccc1N1CCC(Oc2ccc(F)cc2)CC1. The second-order valence-electron chi connectivity index (χ2n) is 5.83. The molecule has 1 heterocycles. The average Bonchev–Trinajstić information content (AvgIpc) is 2.63. The number of anilines is 1. The highest BCUT2D eigenvalue weighted by atomic mass is 19.1. The van der Waals surface area contributed by atoms with Gasteiger partial charge >= 0.3 is 0 Å². The van der Waals surface area contributed by atoms with Crippen molar-refractivity contribution in [3.05, 3.63) is 64.0 Å². The molecule has 1 aliphatic rings. The number of halogens is 1. The number of nitro groups is 1. The number of rotatable bonds is 4. The zero-order chi connectivity index (χ0) is 17.8. The van der Waals surface area contributed by atoms with Crippen LogP contribution >= 0.6 is 0 Å². The summed E-state index contributed by atoms with van der Waals surface area (Å²) in [5.74, 6) is 0.331. The number of piperidine rings is 1. The summed E-state index contributed by atoms with van der Waals surface area (Å²) in [4.78, 5) is 12.4. The van der Waals surface area contributed by atoms with Crippen LogP contribution in [0.5, 0.6) is 5.75 Å². The minimum atomic E-state index is -0.507. The van der Waals surface area contributed by atoms with Crippen LogP contribution in [0.1, 0.15) is 18.4 Å². The largest absolute Gasteiger partial charge is 0.490 e. The molecule has 1 aliphatic heterocycles. The van der Waals surface area contributed by atoms with Gasteiger partial charge in [0.15, 0.2) is 0 Å². The van der Waals surface area contributed by atoms with Gasteiger partial charge in [0.25, 0.3) is 5.69 Å². The van der Waals surface area contributed by atoms with Gasteiger partial charge < -0.3 is 9.64 Å². The van der Waals surface area contributed by atoms with Gasteiger partial charge in [0.05, 0.1) is 16.2 Å². The van der Waals surface area contributed by atoms with Crippen molar-refractivity contribution in [2.24, 2.45) is 0 Å². The van der Waals surface area contributed by atoms with Gasteiger partial charge in [-0.05, 0) is 30.3 Å². The topological polar surface area (TPSA) is 79.4 Å². The van der Waals surface area contributed by atoms with Gasteiger partial charge in [-0.1, -0.05) is 0 Å². The van der Waals surface area contributed by atoms with Crippen LogP contribution in [0.15, 0.2) is 42.5 Å². The fourth-order valence-corrected chi connectivity index (χ4v) is 2.92. The number of nitro benzene ring substituents is 1. The molecule has 0 unspecified atom stereocenters. The fourth-order valence-electron chi connectivity index (χ4n) is 2.92. The third-order valence-corrected chi connectivity index (χ3v) is 4.21. The van der Waals surface area contributed by atoms with E-state index in [2.05, 4.69) is 0 Å². The highest BCUT2D eigenvalue weighted by Crippen LogP contribution is 2.28. The van der Waals surface area contributed by atoms with Gasteiger partial charge in [-0.2, -0.15) is 5.26 Å². The molecule has 0 aliphatic carbocycles. The summed E-state index contributed by atoms with van der Waals surface area (Å²) in [6.07, 6.45) is 1.52. The lowest BCUT2D eigenvalue weighted by molar-refractivity contribution is -0.384. The number of hydrogen-bond donors (Lipinski definition) is 0. The Hall–Kier alpha value is -3.14. The number of hydrogen-bond acceptors (Lipinski definition) is 5. The van der Waals surface area contributed by atoms with E-state index in [1.54, 1.807) is 18.2 Å². The number of nitriles is 1. The van der Waals surface area contributed by atoms with E-state index >= 15 is 0 Å². The van der Waals surface area contributed by atoms with Crippen LogP contribution in [0.25, 0.3) is 0 Å². The third kappa shape index (κ3) is 3.86. The lowest BCUT2D eigenvalue weighted by Gasteiger charge is -2.34. The van der Waals surface area contributed by atoms with Crippen LogP contribution in [0.4, 0.5) is 15.8 Å². The lowest BCUT2D eigenvalue weighted by Crippen LogP contribution is -2.38. The van der Waals surface area contributed by atoms with E-state index in [1.165, 1.54) is 24.3 Å². The van der Waals surface area contributed by atoms with Gasteiger partial charge in [-0.15, -0.1) is 0 Å². The molecule has 6 nitrogen and oxygen atoms in total. The van der Waals surface area contributed by atoms with E-state index in [0.717, 1.165) is 12.8 Å². The number of benzene rings is 2. The minimum absolute atomic E-state index is 0.0188. The van der Waals surface area contributed by atoms with Gasteiger partial charge in [0, 0.05) is 38.1 Å². The molecule has 2 aromatic rings. The minimum Gasteiger partial charge on any atom is -0.490 e. The highest BCUT2D eigenvalue weighted by Gasteiger charge is 2.23. The van der Waals surface area contributed by atoms with Crippen molar-refractivity contribution in [1.82, 2.24) is 0 Å². The first-order valence-corrected chi connectivity index (χ1v) is 7.92. The van der Waals surface area contributed by atoms with Crippen molar-refractivity contribution in [2.75, 3.05) is 18.0 Å². The third-order valence-electron chi connectivity index (χ3n) is 4.21. The number of non-ortho nitro benzene ring substituents is 1. The van der Waals surface area contributed by atoms with E-state index < -0.39 is 4.92 Å². The second kappa shape index (κ2) is 7.18. The predicted molar refractivity (Wildman–Crippen MR) is 90.1 cm³/mol. The number of nitrogens with zero attached hydrogens (tertiary/aromatic N) is 3. The summed E-state index contributed by atoms with van der Waals surface area (Å²) >= 11 is 0. The molecular weight excluding hydrogens is 325 g/mol. The summed E-state index contributed by atoms with van der Waals surface area (Å²) in [5, 5.41) is 20.1. The molecule has 0 amide bonds. The Balaban J connectivity index is 1.65. The molecule has 128 valence electrons. The molecule has 1 fully saturated rings. The Labute approximate surface area is 144 Å². The molecule has 0 spiro atoms. The van der Waals surface area contributed by atoms with E-state index in [9.17, 15) is 19.8 Å². The Morgan fingerprint density at radius 3 is 2.48 bits per heavy atom. The summed E-state index contributed by atoms with van der Waals surface area (Å²) in [6, 6.07) is 12.3. The fraction of sp³-hybridized carbons (Fsp3) is 0.278. The lowest BCUT2D eigenvalue weighted by atomic mass is 10.0. The summed E-state index contributed by atoms with van der Waals surface area (Å²) < 4.78 is 18.8. The molecule has 0 bridgehead atoms. The van der Waals surface area contributed by atoms with Crippen molar-refractivity contribution in [2.45, 2.75) is 18.9 Å². The Morgan fingerprint density at radius 1 is 1.20 bits per heavy atom. The summed E-state index contributed by atoms with van der Waals surface area (Å²) in [5.41, 5.74) is 0.912. The maximum Gasteiger partial charge on any atom is 0.270 e. The van der Waals surface area contributed by atoms with Gasteiger partial charge in [0.2, 0.25) is 0 Å². The molecule has 0 N–H and O–H groups in total. The molecular formula is C18H16FN3O3. The Morgan fingerprint density at radius 2 is 1.88 bits per heavy atom. The molecule has 25 heavy (non-hydrogen) atoms. The van der Waals surface area contributed by atoms with Gasteiger partial charge in [-0.3, -0.25) is 10.1 Å². The van der Waals surface area contributed by atoms with Crippen LogP contribution in [0.2, 0.25) is 0 Å². The van der Waals surface area contributed by atoms with Crippen molar-refractivity contribution in [3.8, 4) is 11.8 Å². The standard InChI is InChI=1S/C18H16FN3O3/c19-14-1-4-16(5-2-14)25-17-7-9-21(10-8-17)18-6-3-15(22(23)24)11-13(18)12-20/h1-6,11,17H,7-10H2. The molecule has 7 heteroatoms. The maximum absolute atomic E-state index is 12.9. The Bertz CT molecular complexity index is 809. The van der Waals surface area contributed by atoms with Crippen LogP contribution in [-0.4, -0.2) is 24.1 Å². The van der Waals surface area contributed by atoms with Crippen molar-refractivity contribution in [3.63, 3.8) is 0 Å². The van der Waals surface area contributed by atoms with Crippen molar-refractivity contribution >= 4 is 11.4 Å². The van der Waals surface area contributed by atoms with E-state index in [-0.39, 0.29) is 17.6 Å². The maximum atomic E-state index is 12.9. The smallest absolute Gasteiger partial charge is 0.270 e. The van der Waals surface area contributed by atoms with Crippen LogP contribution in [0, 0.1) is 27.3 Å². The quantitative estimate of drug-likeness (QED) is 0.626. The molecule has 1 saturated heterocycles. The van der Waals surface area contributed by atoms with Crippen LogP contribution in [0.3, 0.4) is 0 Å². The van der Waals surface area contributed by atoms with E-state index in [1.807, 2.05) is 11.0 Å². The first kappa shape index (κ1) is 16.7. The molecule has 0 saturated carbocycles. The summed E-state index contributed by atoms with van der Waals surface area (Å²) in [7, 11) is 0. The predicted octanol–water partition coefficient (Wildman–Crippen LogP) is 3.65. The molecule has 3 rings (SSSR count). The average molecular weight is 341 g/mol. The molecule has 0 aromatic heterocycles. The van der Waals surface area contributed by atoms with E-state index in [4.69, 9.17) is 4.74 Å². The molecule has 2 aromatic carbocycles. The molecule has 0 radical (unpaired) electrons. The van der Waals surface area contributed by atoms with E-state index in [0.29, 0.717) is 30.1 Å². The highest BCUT2D eigenvalue weighted by molar-refractivity contribution is 5.63. The Kier molecular flexibility index (Phi) is 4.80. The monoisotopic (exact) mass is 341 g/mol. The zero-order valence-electron chi connectivity index (χ0n) is 13.4. The first-order chi connectivity index (χ1) is 12.1. The normalized spacial score (nSPS) is 14.8. The summed E-state index contributed by atoms with van der Waals surface area (Å²) in [6.45, 7) is 1.36. The first-order valence-electron chi connectivity index (χ1n) is 7.92. The van der Waals surface area contributed by atoms with Crippen LogP contribution in [-0.2, 0) is 0 Å².